The molecule has 0 bridgehead atoms. The number of imidazole rings is 1. The van der Waals surface area contributed by atoms with Gasteiger partial charge in [-0.3, -0.25) is 0 Å². The Morgan fingerprint density at radius 1 is 1.64 bits per heavy atom. The Balaban J connectivity index is 1.66. The number of nitrogens with zero attached hydrogens (tertiary/aromatic N) is 1. The van der Waals surface area contributed by atoms with Crippen LogP contribution in [-0.4, -0.2) is 22.6 Å². The Hall–Kier alpha value is -0.830. The van der Waals surface area contributed by atoms with E-state index in [4.69, 9.17) is 0 Å². The van der Waals surface area contributed by atoms with Gasteiger partial charge in [0.25, 0.3) is 0 Å². The van der Waals surface area contributed by atoms with Gasteiger partial charge < -0.3 is 10.3 Å². The summed E-state index contributed by atoms with van der Waals surface area (Å²) < 4.78 is 0. The highest BCUT2D eigenvalue weighted by Crippen LogP contribution is 2.33. The highest BCUT2D eigenvalue weighted by molar-refractivity contribution is 4.89. The fourth-order valence-corrected chi connectivity index (χ4v) is 1.95. The van der Waals surface area contributed by atoms with E-state index in [1.165, 1.54) is 19.3 Å². The molecule has 1 aliphatic rings. The van der Waals surface area contributed by atoms with Gasteiger partial charge in [-0.1, -0.05) is 6.92 Å². The first-order chi connectivity index (χ1) is 6.90. The Morgan fingerprint density at radius 3 is 3.07 bits per heavy atom. The summed E-state index contributed by atoms with van der Waals surface area (Å²) in [6.45, 7) is 3.31. The second-order valence-corrected chi connectivity index (χ2v) is 4.09. The van der Waals surface area contributed by atoms with Crippen LogP contribution in [0.15, 0.2) is 12.4 Å². The van der Waals surface area contributed by atoms with Gasteiger partial charge in [-0.2, -0.15) is 0 Å². The molecule has 1 fully saturated rings. The maximum absolute atomic E-state index is 4.20. The number of aromatic amines is 1. The minimum atomic E-state index is 0.741. The van der Waals surface area contributed by atoms with E-state index in [1.807, 2.05) is 12.4 Å². The molecule has 2 N–H and O–H groups in total. The van der Waals surface area contributed by atoms with E-state index in [0.29, 0.717) is 0 Å². The average molecular weight is 193 g/mol. The van der Waals surface area contributed by atoms with Crippen molar-refractivity contribution in [2.75, 3.05) is 6.54 Å². The first-order valence-corrected chi connectivity index (χ1v) is 5.61. The highest BCUT2D eigenvalue weighted by atomic mass is 14.9. The summed E-state index contributed by atoms with van der Waals surface area (Å²) in [5, 5.41) is 3.61. The summed E-state index contributed by atoms with van der Waals surface area (Å²) in [4.78, 5) is 7.33. The lowest BCUT2D eigenvalue weighted by Crippen LogP contribution is -2.32. The number of hydrogen-bond acceptors (Lipinski definition) is 2. The van der Waals surface area contributed by atoms with Gasteiger partial charge >= 0.3 is 0 Å². The number of H-pyrrole nitrogens is 1. The Bertz CT molecular complexity index is 252. The minimum Gasteiger partial charge on any atom is -0.349 e. The first-order valence-electron chi connectivity index (χ1n) is 5.61. The van der Waals surface area contributed by atoms with Crippen LogP contribution in [0.1, 0.15) is 32.0 Å². The second kappa shape index (κ2) is 4.60. The smallest absolute Gasteiger partial charge is 0.107 e. The summed E-state index contributed by atoms with van der Waals surface area (Å²) >= 11 is 0. The Kier molecular flexibility index (Phi) is 3.19. The van der Waals surface area contributed by atoms with E-state index < -0.39 is 0 Å². The van der Waals surface area contributed by atoms with Crippen LogP contribution in [-0.2, 0) is 6.42 Å². The Labute approximate surface area is 85.3 Å². The topological polar surface area (TPSA) is 40.7 Å². The molecule has 0 spiro atoms. The van der Waals surface area contributed by atoms with Crippen LogP contribution in [0.4, 0.5) is 0 Å². The predicted molar refractivity (Wildman–Crippen MR) is 57.1 cm³/mol. The average Bonchev–Trinajstić information content (AvgIpc) is 2.91. The van der Waals surface area contributed by atoms with Gasteiger partial charge in [0.05, 0.1) is 0 Å². The van der Waals surface area contributed by atoms with Crippen molar-refractivity contribution >= 4 is 0 Å². The second-order valence-electron chi connectivity index (χ2n) is 4.09. The first kappa shape index (κ1) is 9.71. The monoisotopic (exact) mass is 193 g/mol. The maximum atomic E-state index is 4.20. The summed E-state index contributed by atoms with van der Waals surface area (Å²) in [6, 6.07) is 0.741. The third-order valence-corrected chi connectivity index (χ3v) is 2.95. The van der Waals surface area contributed by atoms with E-state index in [-0.39, 0.29) is 0 Å². The molecular formula is C11H19N3. The zero-order valence-electron chi connectivity index (χ0n) is 8.79. The molecule has 0 amide bonds. The normalized spacial score (nSPS) is 18.4. The summed E-state index contributed by atoms with van der Waals surface area (Å²) in [6.07, 6.45) is 8.80. The van der Waals surface area contributed by atoms with Crippen molar-refractivity contribution in [2.24, 2.45) is 5.92 Å². The molecule has 1 unspecified atom stereocenters. The summed E-state index contributed by atoms with van der Waals surface area (Å²) in [5.74, 6) is 2.04. The molecule has 14 heavy (non-hydrogen) atoms. The molecule has 1 saturated carbocycles. The third kappa shape index (κ3) is 2.58. The van der Waals surface area contributed by atoms with Crippen LogP contribution in [0.5, 0.6) is 0 Å². The SMILES string of the molecule is CCC(NCCc1ncc[nH]1)C1CC1. The van der Waals surface area contributed by atoms with Crippen LogP contribution in [0.3, 0.4) is 0 Å². The molecule has 0 aromatic carbocycles. The molecule has 78 valence electrons. The summed E-state index contributed by atoms with van der Waals surface area (Å²) in [7, 11) is 0. The number of aromatic nitrogens is 2. The van der Waals surface area contributed by atoms with E-state index >= 15 is 0 Å². The van der Waals surface area contributed by atoms with Gasteiger partial charge in [0.1, 0.15) is 5.82 Å². The molecule has 1 heterocycles. The van der Waals surface area contributed by atoms with Crippen molar-refractivity contribution in [3.05, 3.63) is 18.2 Å². The lowest BCUT2D eigenvalue weighted by atomic mass is 10.1. The molecule has 1 atom stereocenters. The Morgan fingerprint density at radius 2 is 2.50 bits per heavy atom. The fourth-order valence-electron chi connectivity index (χ4n) is 1.95. The number of nitrogens with one attached hydrogen (secondary N) is 2. The van der Waals surface area contributed by atoms with Crippen LogP contribution >= 0.6 is 0 Å². The fraction of sp³-hybridized carbons (Fsp3) is 0.727. The minimum absolute atomic E-state index is 0.741. The van der Waals surface area contributed by atoms with Crippen molar-refractivity contribution in [1.29, 1.82) is 0 Å². The molecule has 0 aliphatic heterocycles. The summed E-state index contributed by atoms with van der Waals surface area (Å²) in [5.41, 5.74) is 0. The highest BCUT2D eigenvalue weighted by Gasteiger charge is 2.29. The van der Waals surface area contributed by atoms with Gasteiger partial charge in [-0.25, -0.2) is 4.98 Å². The zero-order chi connectivity index (χ0) is 9.80. The lowest BCUT2D eigenvalue weighted by Gasteiger charge is -2.15. The molecule has 1 aromatic heterocycles. The molecule has 1 aliphatic carbocycles. The van der Waals surface area contributed by atoms with Crippen LogP contribution < -0.4 is 5.32 Å². The molecule has 1 aromatic rings. The molecule has 2 rings (SSSR count). The van der Waals surface area contributed by atoms with Gasteiger partial charge in [0.2, 0.25) is 0 Å². The van der Waals surface area contributed by atoms with E-state index in [2.05, 4.69) is 22.2 Å². The molecular weight excluding hydrogens is 174 g/mol. The number of rotatable bonds is 6. The standard InChI is InChI=1S/C11H19N3/c1-2-10(9-3-4-9)12-6-5-11-13-7-8-14-11/h7-10,12H,2-6H2,1H3,(H,13,14). The van der Waals surface area contributed by atoms with Crippen LogP contribution in [0.25, 0.3) is 0 Å². The van der Waals surface area contributed by atoms with E-state index in [0.717, 1.165) is 30.7 Å². The van der Waals surface area contributed by atoms with Crippen LogP contribution in [0, 0.1) is 5.92 Å². The van der Waals surface area contributed by atoms with Crippen LogP contribution in [0.2, 0.25) is 0 Å². The van der Waals surface area contributed by atoms with Gasteiger partial charge in [-0.05, 0) is 25.2 Å². The van der Waals surface area contributed by atoms with Crippen molar-refractivity contribution in [3.63, 3.8) is 0 Å². The van der Waals surface area contributed by atoms with Crippen molar-refractivity contribution in [2.45, 2.75) is 38.6 Å². The van der Waals surface area contributed by atoms with Gasteiger partial charge in [0, 0.05) is 31.4 Å². The lowest BCUT2D eigenvalue weighted by molar-refractivity contribution is 0.451. The van der Waals surface area contributed by atoms with Crippen molar-refractivity contribution in [3.8, 4) is 0 Å². The third-order valence-electron chi connectivity index (χ3n) is 2.95. The zero-order valence-corrected chi connectivity index (χ0v) is 8.79. The van der Waals surface area contributed by atoms with Gasteiger partial charge in [-0.15, -0.1) is 0 Å². The molecule has 0 saturated heterocycles. The van der Waals surface area contributed by atoms with E-state index in [1.54, 1.807) is 0 Å². The van der Waals surface area contributed by atoms with Crippen molar-refractivity contribution in [1.82, 2.24) is 15.3 Å². The van der Waals surface area contributed by atoms with E-state index in [9.17, 15) is 0 Å². The quantitative estimate of drug-likeness (QED) is 0.722. The number of hydrogen-bond donors (Lipinski definition) is 2. The maximum Gasteiger partial charge on any atom is 0.107 e. The molecule has 3 heteroatoms. The van der Waals surface area contributed by atoms with Gasteiger partial charge in [0.15, 0.2) is 0 Å². The van der Waals surface area contributed by atoms with Crippen molar-refractivity contribution < 1.29 is 0 Å². The molecule has 0 radical (unpaired) electrons. The largest absolute Gasteiger partial charge is 0.349 e. The predicted octanol–water partition coefficient (Wildman–Crippen LogP) is 1.73. The molecule has 3 nitrogen and oxygen atoms in total.